The molecule has 0 aliphatic rings. The van der Waals surface area contributed by atoms with Crippen molar-refractivity contribution in [3.05, 3.63) is 35.4 Å². The number of benzene rings is 1. The molecule has 1 rings (SSSR count). The summed E-state index contributed by atoms with van der Waals surface area (Å²) in [6.07, 6.45) is 0. The molecule has 0 N–H and O–H groups in total. The van der Waals surface area contributed by atoms with E-state index in [1.54, 1.807) is 6.07 Å². The van der Waals surface area contributed by atoms with E-state index in [4.69, 9.17) is 4.74 Å². The lowest BCUT2D eigenvalue weighted by molar-refractivity contribution is 0.0532. The van der Waals surface area contributed by atoms with Gasteiger partial charge in [0.2, 0.25) is 0 Å². The zero-order valence-electron chi connectivity index (χ0n) is 7.42. The summed E-state index contributed by atoms with van der Waals surface area (Å²) >= 11 is 2.17. The standard InChI is InChI=1S/C10H11IO2/c1-8-4-2-3-5-9(8)10(12)13-7-6-11/h2-5H,6-7H2,1H3. The minimum atomic E-state index is -0.227. The highest BCUT2D eigenvalue weighted by atomic mass is 127. The fourth-order valence-corrected chi connectivity index (χ4v) is 1.23. The van der Waals surface area contributed by atoms with Gasteiger partial charge in [0.15, 0.2) is 0 Å². The Morgan fingerprint density at radius 1 is 1.46 bits per heavy atom. The van der Waals surface area contributed by atoms with E-state index < -0.39 is 0 Å². The van der Waals surface area contributed by atoms with Crippen LogP contribution in [-0.4, -0.2) is 17.0 Å². The van der Waals surface area contributed by atoms with Crippen LogP contribution in [0.3, 0.4) is 0 Å². The first-order valence-electron chi connectivity index (χ1n) is 4.04. The van der Waals surface area contributed by atoms with Gasteiger partial charge in [0, 0.05) is 4.43 Å². The molecule has 0 aliphatic heterocycles. The van der Waals surface area contributed by atoms with Crippen LogP contribution in [0.4, 0.5) is 0 Å². The maximum absolute atomic E-state index is 11.4. The molecule has 0 radical (unpaired) electrons. The Morgan fingerprint density at radius 3 is 2.77 bits per heavy atom. The van der Waals surface area contributed by atoms with Gasteiger partial charge in [-0.3, -0.25) is 0 Å². The molecule has 0 bridgehead atoms. The van der Waals surface area contributed by atoms with E-state index in [2.05, 4.69) is 22.6 Å². The lowest BCUT2D eigenvalue weighted by atomic mass is 10.1. The Morgan fingerprint density at radius 2 is 2.15 bits per heavy atom. The van der Waals surface area contributed by atoms with Crippen LogP contribution in [0.2, 0.25) is 0 Å². The maximum Gasteiger partial charge on any atom is 0.338 e. The number of hydrogen-bond acceptors (Lipinski definition) is 2. The molecule has 0 atom stereocenters. The van der Waals surface area contributed by atoms with Crippen LogP contribution >= 0.6 is 22.6 Å². The van der Waals surface area contributed by atoms with Gasteiger partial charge in [0.25, 0.3) is 0 Å². The maximum atomic E-state index is 11.4. The molecule has 2 nitrogen and oxygen atoms in total. The smallest absolute Gasteiger partial charge is 0.338 e. The molecule has 0 saturated heterocycles. The van der Waals surface area contributed by atoms with Crippen molar-refractivity contribution >= 4 is 28.6 Å². The number of hydrogen-bond donors (Lipinski definition) is 0. The summed E-state index contributed by atoms with van der Waals surface area (Å²) in [5.74, 6) is -0.227. The van der Waals surface area contributed by atoms with Crippen molar-refractivity contribution in [2.24, 2.45) is 0 Å². The molecule has 0 unspecified atom stereocenters. The number of alkyl halides is 1. The third kappa shape index (κ3) is 2.99. The predicted octanol–water partition coefficient (Wildman–Crippen LogP) is 2.59. The van der Waals surface area contributed by atoms with Crippen molar-refractivity contribution in [3.8, 4) is 0 Å². The van der Waals surface area contributed by atoms with Crippen molar-refractivity contribution in [2.75, 3.05) is 11.0 Å². The number of aryl methyl sites for hydroxylation is 1. The van der Waals surface area contributed by atoms with Crippen LogP contribution in [-0.2, 0) is 4.74 Å². The largest absolute Gasteiger partial charge is 0.461 e. The second-order valence-corrected chi connectivity index (χ2v) is 3.72. The lowest BCUT2D eigenvalue weighted by Gasteiger charge is -2.04. The third-order valence-electron chi connectivity index (χ3n) is 1.68. The summed E-state index contributed by atoms with van der Waals surface area (Å²) in [6.45, 7) is 2.38. The van der Waals surface area contributed by atoms with Crippen molar-refractivity contribution in [1.82, 2.24) is 0 Å². The number of halogens is 1. The minimum Gasteiger partial charge on any atom is -0.461 e. The molecular formula is C10H11IO2. The quantitative estimate of drug-likeness (QED) is 0.486. The van der Waals surface area contributed by atoms with Crippen LogP contribution in [0.25, 0.3) is 0 Å². The Kier molecular flexibility index (Phi) is 4.21. The SMILES string of the molecule is Cc1ccccc1C(=O)OCCI. The van der Waals surface area contributed by atoms with Gasteiger partial charge in [-0.25, -0.2) is 4.79 Å². The second kappa shape index (κ2) is 5.21. The van der Waals surface area contributed by atoms with E-state index in [0.29, 0.717) is 12.2 Å². The Labute approximate surface area is 91.4 Å². The third-order valence-corrected chi connectivity index (χ3v) is 2.12. The topological polar surface area (TPSA) is 26.3 Å². The minimum absolute atomic E-state index is 0.227. The fourth-order valence-electron chi connectivity index (χ4n) is 1.01. The molecular weight excluding hydrogens is 279 g/mol. The average Bonchev–Trinajstić information content (AvgIpc) is 2.15. The van der Waals surface area contributed by atoms with Crippen molar-refractivity contribution in [3.63, 3.8) is 0 Å². The molecule has 0 aliphatic carbocycles. The molecule has 0 amide bonds. The van der Waals surface area contributed by atoms with Gasteiger partial charge in [-0.15, -0.1) is 0 Å². The van der Waals surface area contributed by atoms with Crippen LogP contribution < -0.4 is 0 Å². The summed E-state index contributed by atoms with van der Waals surface area (Å²) in [4.78, 5) is 11.4. The van der Waals surface area contributed by atoms with Gasteiger partial charge >= 0.3 is 5.97 Å². The van der Waals surface area contributed by atoms with E-state index >= 15 is 0 Å². The fraction of sp³-hybridized carbons (Fsp3) is 0.300. The highest BCUT2D eigenvalue weighted by molar-refractivity contribution is 14.1. The summed E-state index contributed by atoms with van der Waals surface area (Å²) in [5.41, 5.74) is 1.62. The number of carbonyl (C=O) groups excluding carboxylic acids is 1. The monoisotopic (exact) mass is 290 g/mol. The number of rotatable bonds is 3. The number of ether oxygens (including phenoxy) is 1. The molecule has 0 aromatic heterocycles. The molecule has 3 heteroatoms. The summed E-state index contributed by atoms with van der Waals surface area (Å²) in [7, 11) is 0. The second-order valence-electron chi connectivity index (χ2n) is 2.64. The molecule has 1 aromatic carbocycles. The molecule has 0 spiro atoms. The lowest BCUT2D eigenvalue weighted by Crippen LogP contribution is -2.08. The Balaban J connectivity index is 2.71. The highest BCUT2D eigenvalue weighted by Crippen LogP contribution is 2.08. The van der Waals surface area contributed by atoms with Gasteiger partial charge in [0.05, 0.1) is 5.56 Å². The van der Waals surface area contributed by atoms with E-state index in [1.807, 2.05) is 25.1 Å². The van der Waals surface area contributed by atoms with Gasteiger partial charge in [-0.2, -0.15) is 0 Å². The van der Waals surface area contributed by atoms with Gasteiger partial charge < -0.3 is 4.74 Å². The van der Waals surface area contributed by atoms with E-state index in [1.165, 1.54) is 0 Å². The Hall–Kier alpha value is -0.580. The normalized spacial score (nSPS) is 9.69. The molecule has 0 saturated carbocycles. The van der Waals surface area contributed by atoms with E-state index in [0.717, 1.165) is 9.99 Å². The van der Waals surface area contributed by atoms with Crippen LogP contribution in [0.15, 0.2) is 24.3 Å². The van der Waals surface area contributed by atoms with Gasteiger partial charge in [-0.05, 0) is 18.6 Å². The zero-order chi connectivity index (χ0) is 9.68. The molecule has 70 valence electrons. The van der Waals surface area contributed by atoms with Crippen LogP contribution in [0.1, 0.15) is 15.9 Å². The van der Waals surface area contributed by atoms with Gasteiger partial charge in [0.1, 0.15) is 6.61 Å². The van der Waals surface area contributed by atoms with Gasteiger partial charge in [-0.1, -0.05) is 40.8 Å². The predicted molar refractivity (Wildman–Crippen MR) is 60.3 cm³/mol. The molecule has 0 heterocycles. The van der Waals surface area contributed by atoms with Crippen LogP contribution in [0.5, 0.6) is 0 Å². The zero-order valence-corrected chi connectivity index (χ0v) is 9.58. The molecule has 1 aromatic rings. The van der Waals surface area contributed by atoms with E-state index in [-0.39, 0.29) is 5.97 Å². The number of carbonyl (C=O) groups is 1. The number of esters is 1. The first kappa shape index (κ1) is 10.5. The molecule has 0 fully saturated rings. The highest BCUT2D eigenvalue weighted by Gasteiger charge is 2.08. The summed E-state index contributed by atoms with van der Waals surface area (Å²) < 4.78 is 5.84. The van der Waals surface area contributed by atoms with E-state index in [9.17, 15) is 4.79 Å². The van der Waals surface area contributed by atoms with Crippen molar-refractivity contribution in [2.45, 2.75) is 6.92 Å². The van der Waals surface area contributed by atoms with Crippen molar-refractivity contribution in [1.29, 1.82) is 0 Å². The van der Waals surface area contributed by atoms with Crippen molar-refractivity contribution < 1.29 is 9.53 Å². The molecule has 13 heavy (non-hydrogen) atoms. The van der Waals surface area contributed by atoms with Crippen LogP contribution in [0, 0.1) is 6.92 Å². The summed E-state index contributed by atoms with van der Waals surface area (Å²) in [6, 6.07) is 7.43. The summed E-state index contributed by atoms with van der Waals surface area (Å²) in [5, 5.41) is 0. The first-order valence-corrected chi connectivity index (χ1v) is 5.57. The Bertz CT molecular complexity index is 297. The first-order chi connectivity index (χ1) is 6.25. The average molecular weight is 290 g/mol.